The lowest BCUT2D eigenvalue weighted by atomic mass is 10.3. The van der Waals surface area contributed by atoms with E-state index in [0.29, 0.717) is 22.8 Å². The van der Waals surface area contributed by atoms with E-state index in [-0.39, 0.29) is 24.8 Å². The Hall–Kier alpha value is -3.21. The first kappa shape index (κ1) is 16.2. The second-order valence-corrected chi connectivity index (χ2v) is 5.11. The number of carbonyl (C=O) groups excluding carboxylic acids is 2. The number of amides is 2. The van der Waals surface area contributed by atoms with Gasteiger partial charge in [-0.05, 0) is 12.1 Å². The van der Waals surface area contributed by atoms with Crippen LogP contribution in [-0.2, 0) is 14.1 Å². The van der Waals surface area contributed by atoms with Crippen LogP contribution in [0.3, 0.4) is 0 Å². The Morgan fingerprint density at radius 1 is 1.17 bits per heavy atom. The van der Waals surface area contributed by atoms with E-state index < -0.39 is 0 Å². The Labute approximate surface area is 133 Å². The largest absolute Gasteiger partial charge is 0.397 e. The number of carbonyl (C=O) groups is 2. The van der Waals surface area contributed by atoms with E-state index in [1.165, 1.54) is 0 Å². The molecule has 0 fully saturated rings. The zero-order valence-corrected chi connectivity index (χ0v) is 13.0. The highest BCUT2D eigenvalue weighted by atomic mass is 16.2. The highest BCUT2D eigenvalue weighted by molar-refractivity contribution is 6.04. The molecule has 2 heterocycles. The van der Waals surface area contributed by atoms with Gasteiger partial charge in [-0.1, -0.05) is 0 Å². The summed E-state index contributed by atoms with van der Waals surface area (Å²) in [6.45, 7) is 0.283. The van der Waals surface area contributed by atoms with E-state index in [9.17, 15) is 9.59 Å². The van der Waals surface area contributed by atoms with Crippen molar-refractivity contribution in [1.29, 1.82) is 5.26 Å². The summed E-state index contributed by atoms with van der Waals surface area (Å²) in [6.07, 6.45) is 3.53. The van der Waals surface area contributed by atoms with Gasteiger partial charge in [0.05, 0.1) is 23.9 Å². The third kappa shape index (κ3) is 3.71. The monoisotopic (exact) mass is 314 g/mol. The van der Waals surface area contributed by atoms with E-state index in [1.807, 2.05) is 6.07 Å². The van der Waals surface area contributed by atoms with Crippen LogP contribution in [0.15, 0.2) is 24.5 Å². The molecule has 0 spiro atoms. The number of aryl methyl sites for hydroxylation is 2. The van der Waals surface area contributed by atoms with Gasteiger partial charge in [0.2, 0.25) is 0 Å². The van der Waals surface area contributed by atoms with Crippen molar-refractivity contribution in [3.05, 3.63) is 35.9 Å². The van der Waals surface area contributed by atoms with Crippen LogP contribution in [0.4, 0.5) is 11.4 Å². The molecule has 0 aliphatic carbocycles. The quantitative estimate of drug-likeness (QED) is 0.709. The fourth-order valence-corrected chi connectivity index (χ4v) is 2.19. The van der Waals surface area contributed by atoms with Crippen molar-refractivity contribution in [3.63, 3.8) is 0 Å². The first-order chi connectivity index (χ1) is 10.9. The zero-order valence-electron chi connectivity index (χ0n) is 13.0. The summed E-state index contributed by atoms with van der Waals surface area (Å²) in [4.78, 5) is 24.2. The molecule has 0 atom stereocenters. The van der Waals surface area contributed by atoms with E-state index in [2.05, 4.69) is 10.6 Å². The van der Waals surface area contributed by atoms with Crippen LogP contribution >= 0.6 is 0 Å². The number of nitrogens with two attached hydrogens (primary N) is 1. The van der Waals surface area contributed by atoms with Crippen molar-refractivity contribution >= 4 is 23.2 Å². The van der Waals surface area contributed by atoms with Gasteiger partial charge in [0.15, 0.2) is 0 Å². The van der Waals surface area contributed by atoms with Gasteiger partial charge >= 0.3 is 0 Å². The smallest absolute Gasteiger partial charge is 0.272 e. The van der Waals surface area contributed by atoms with Crippen molar-refractivity contribution in [2.24, 2.45) is 14.1 Å². The Bertz CT molecular complexity index is 780. The number of hydrogen-bond acceptors (Lipinski definition) is 4. The van der Waals surface area contributed by atoms with Gasteiger partial charge in [-0.3, -0.25) is 9.59 Å². The van der Waals surface area contributed by atoms with Gasteiger partial charge in [-0.15, -0.1) is 0 Å². The van der Waals surface area contributed by atoms with Crippen LogP contribution in [0.25, 0.3) is 0 Å². The predicted molar refractivity (Wildman–Crippen MR) is 85.8 cm³/mol. The van der Waals surface area contributed by atoms with E-state index >= 15 is 0 Å². The molecule has 0 saturated carbocycles. The topological polar surface area (TPSA) is 118 Å². The molecule has 2 aromatic heterocycles. The summed E-state index contributed by atoms with van der Waals surface area (Å²) in [6, 6.07) is 5.11. The summed E-state index contributed by atoms with van der Waals surface area (Å²) in [5.74, 6) is -0.613. The summed E-state index contributed by atoms with van der Waals surface area (Å²) in [5.41, 5.74) is 7.48. The minimum absolute atomic E-state index is 0.245. The van der Waals surface area contributed by atoms with Crippen LogP contribution < -0.4 is 16.4 Å². The molecule has 0 saturated heterocycles. The molecular formula is C15H18N6O2. The minimum atomic E-state index is -0.314. The Morgan fingerprint density at radius 3 is 2.43 bits per heavy atom. The molecule has 2 aromatic rings. The number of nitrogen functional groups attached to an aromatic ring is 1. The molecule has 0 unspecified atom stereocenters. The van der Waals surface area contributed by atoms with Crippen LogP contribution in [0.2, 0.25) is 0 Å². The van der Waals surface area contributed by atoms with E-state index in [1.54, 1.807) is 47.8 Å². The van der Waals surface area contributed by atoms with Crippen molar-refractivity contribution in [3.8, 4) is 6.07 Å². The van der Waals surface area contributed by atoms with Gasteiger partial charge in [0.1, 0.15) is 11.4 Å². The maximum absolute atomic E-state index is 12.2. The number of rotatable bonds is 5. The van der Waals surface area contributed by atoms with Crippen LogP contribution in [0.5, 0.6) is 0 Å². The normalized spacial score (nSPS) is 10.1. The standard InChI is InChI=1S/C15H18N6O2/c1-20-8-10(17)6-12(20)15(23)19-11-7-13(21(2)9-11)14(22)18-5-3-4-16/h6-9H,3,5,17H2,1-2H3,(H,18,22)(H,19,23). The second kappa shape index (κ2) is 6.70. The number of aromatic nitrogens is 2. The van der Waals surface area contributed by atoms with Crippen molar-refractivity contribution in [1.82, 2.24) is 14.5 Å². The van der Waals surface area contributed by atoms with E-state index in [4.69, 9.17) is 11.0 Å². The third-order valence-electron chi connectivity index (χ3n) is 3.28. The second-order valence-electron chi connectivity index (χ2n) is 5.11. The minimum Gasteiger partial charge on any atom is -0.397 e. The molecule has 0 aliphatic heterocycles. The van der Waals surface area contributed by atoms with Crippen LogP contribution in [-0.4, -0.2) is 27.5 Å². The maximum atomic E-state index is 12.2. The highest BCUT2D eigenvalue weighted by Crippen LogP contribution is 2.16. The average molecular weight is 314 g/mol. The molecule has 0 bridgehead atoms. The number of nitrogens with zero attached hydrogens (tertiary/aromatic N) is 3. The van der Waals surface area contributed by atoms with Crippen LogP contribution in [0, 0.1) is 11.3 Å². The number of nitrogens with one attached hydrogen (secondary N) is 2. The molecule has 8 heteroatoms. The van der Waals surface area contributed by atoms with Gasteiger partial charge in [0, 0.05) is 33.0 Å². The van der Waals surface area contributed by atoms with Gasteiger partial charge in [-0.25, -0.2) is 0 Å². The summed E-state index contributed by atoms with van der Waals surface area (Å²) in [7, 11) is 3.43. The molecule has 23 heavy (non-hydrogen) atoms. The van der Waals surface area contributed by atoms with Gasteiger partial charge < -0.3 is 25.5 Å². The Balaban J connectivity index is 2.09. The summed E-state index contributed by atoms with van der Waals surface area (Å²) >= 11 is 0. The molecular weight excluding hydrogens is 296 g/mol. The van der Waals surface area contributed by atoms with Gasteiger partial charge in [-0.2, -0.15) is 5.26 Å². The van der Waals surface area contributed by atoms with Crippen LogP contribution in [0.1, 0.15) is 27.4 Å². The molecule has 120 valence electrons. The first-order valence-corrected chi connectivity index (χ1v) is 6.97. The molecule has 0 radical (unpaired) electrons. The predicted octanol–water partition coefficient (Wildman–Crippen LogP) is 0.842. The number of anilines is 2. The van der Waals surface area contributed by atoms with Crippen molar-refractivity contribution in [2.45, 2.75) is 6.42 Å². The zero-order chi connectivity index (χ0) is 17.0. The summed E-state index contributed by atoms with van der Waals surface area (Å²) in [5, 5.41) is 13.8. The lowest BCUT2D eigenvalue weighted by Gasteiger charge is -2.03. The van der Waals surface area contributed by atoms with Gasteiger partial charge in [0.25, 0.3) is 11.8 Å². The average Bonchev–Trinajstić information content (AvgIpc) is 3.01. The van der Waals surface area contributed by atoms with Crippen molar-refractivity contribution in [2.75, 3.05) is 17.6 Å². The molecule has 8 nitrogen and oxygen atoms in total. The summed E-state index contributed by atoms with van der Waals surface area (Å²) < 4.78 is 3.24. The molecule has 2 rings (SSSR count). The fourth-order valence-electron chi connectivity index (χ4n) is 2.19. The molecule has 4 N–H and O–H groups in total. The molecule has 0 aliphatic rings. The third-order valence-corrected chi connectivity index (χ3v) is 3.28. The van der Waals surface area contributed by atoms with Crippen molar-refractivity contribution < 1.29 is 9.59 Å². The highest BCUT2D eigenvalue weighted by Gasteiger charge is 2.15. The Kier molecular flexibility index (Phi) is 4.71. The number of nitriles is 1. The van der Waals surface area contributed by atoms with E-state index in [0.717, 1.165) is 0 Å². The molecule has 0 aromatic carbocycles. The first-order valence-electron chi connectivity index (χ1n) is 6.97. The lowest BCUT2D eigenvalue weighted by molar-refractivity contribution is 0.0945. The maximum Gasteiger partial charge on any atom is 0.272 e. The lowest BCUT2D eigenvalue weighted by Crippen LogP contribution is -2.25. The SMILES string of the molecule is Cn1cc(NC(=O)c2cc(N)cn2C)cc1C(=O)NCCC#N. The Morgan fingerprint density at radius 2 is 1.83 bits per heavy atom. The fraction of sp³-hybridized carbons (Fsp3) is 0.267. The molecule has 2 amide bonds. The number of hydrogen-bond donors (Lipinski definition) is 3.